The number of fused-ring (bicyclic) bond motifs is 1. The zero-order chi connectivity index (χ0) is 24.9. The zero-order valence-corrected chi connectivity index (χ0v) is 20.7. The van der Waals surface area contributed by atoms with Crippen molar-refractivity contribution in [2.45, 2.75) is 44.4 Å². The maximum Gasteiger partial charge on any atom is 0.251 e. The van der Waals surface area contributed by atoms with Crippen LogP contribution in [0.1, 0.15) is 60.5 Å². The first kappa shape index (κ1) is 24.6. The van der Waals surface area contributed by atoms with Crippen LogP contribution in [0.25, 0.3) is 10.9 Å². The highest BCUT2D eigenvalue weighted by molar-refractivity contribution is 5.97. The molecule has 0 spiro atoms. The number of hydrogen-bond donors (Lipinski definition) is 1. The van der Waals surface area contributed by atoms with Crippen molar-refractivity contribution in [3.63, 3.8) is 0 Å². The van der Waals surface area contributed by atoms with Crippen molar-refractivity contribution in [2.75, 3.05) is 44.2 Å². The molecule has 36 heavy (non-hydrogen) atoms. The first-order valence-electron chi connectivity index (χ1n) is 13.2. The number of halogens is 2. The van der Waals surface area contributed by atoms with Gasteiger partial charge in [0.15, 0.2) is 11.6 Å². The molecule has 5 rings (SSSR count). The van der Waals surface area contributed by atoms with E-state index in [1.165, 1.54) is 31.4 Å². The topological polar surface area (TPSA) is 48.5 Å². The third-order valence-electron chi connectivity index (χ3n) is 7.58. The van der Waals surface area contributed by atoms with Crippen LogP contribution in [0.15, 0.2) is 48.5 Å². The average molecular weight is 493 g/mol. The predicted octanol–water partition coefficient (Wildman–Crippen LogP) is 5.50. The molecule has 5 nitrogen and oxygen atoms in total. The molecule has 190 valence electrons. The largest absolute Gasteiger partial charge is 0.367 e. The van der Waals surface area contributed by atoms with E-state index < -0.39 is 11.6 Å². The summed E-state index contributed by atoms with van der Waals surface area (Å²) in [6.07, 6.45) is 6.90. The van der Waals surface area contributed by atoms with E-state index in [0.29, 0.717) is 36.8 Å². The van der Waals surface area contributed by atoms with Crippen molar-refractivity contribution >= 4 is 22.5 Å². The van der Waals surface area contributed by atoms with Crippen LogP contribution in [-0.2, 0) is 0 Å². The van der Waals surface area contributed by atoms with Crippen LogP contribution in [0.2, 0.25) is 0 Å². The van der Waals surface area contributed by atoms with Crippen molar-refractivity contribution in [2.24, 2.45) is 0 Å². The normalized spacial score (nSPS) is 17.1. The third kappa shape index (κ3) is 5.67. The van der Waals surface area contributed by atoms with Crippen molar-refractivity contribution in [1.29, 1.82) is 0 Å². The summed E-state index contributed by atoms with van der Waals surface area (Å²) >= 11 is 0. The lowest BCUT2D eigenvalue weighted by Crippen LogP contribution is -2.47. The van der Waals surface area contributed by atoms with Gasteiger partial charge in [0, 0.05) is 55.3 Å². The zero-order valence-electron chi connectivity index (χ0n) is 20.7. The van der Waals surface area contributed by atoms with Gasteiger partial charge in [0.2, 0.25) is 0 Å². The minimum atomic E-state index is -0.800. The van der Waals surface area contributed by atoms with Crippen LogP contribution in [0, 0.1) is 11.6 Å². The van der Waals surface area contributed by atoms with E-state index in [9.17, 15) is 13.6 Å². The Morgan fingerprint density at radius 2 is 1.78 bits per heavy atom. The van der Waals surface area contributed by atoms with Crippen molar-refractivity contribution in [3.05, 3.63) is 71.4 Å². The minimum absolute atomic E-state index is 0.0532. The van der Waals surface area contributed by atoms with Gasteiger partial charge in [-0.3, -0.25) is 14.7 Å². The maximum absolute atomic E-state index is 14.0. The Morgan fingerprint density at radius 3 is 2.58 bits per heavy atom. The first-order valence-corrected chi connectivity index (χ1v) is 13.2. The number of benzene rings is 2. The fraction of sp³-hybridized carbons (Fsp3) is 0.448. The molecular weight excluding hydrogens is 458 g/mol. The number of carbonyl (C=O) groups is 1. The Hall–Kier alpha value is -3.06. The molecule has 0 unspecified atom stereocenters. The maximum atomic E-state index is 14.0. The number of piperazine rings is 1. The van der Waals surface area contributed by atoms with E-state index in [2.05, 4.69) is 22.3 Å². The van der Waals surface area contributed by atoms with E-state index in [1.54, 1.807) is 12.1 Å². The molecule has 7 heteroatoms. The summed E-state index contributed by atoms with van der Waals surface area (Å²) < 4.78 is 27.5. The number of pyridine rings is 1. The Kier molecular flexibility index (Phi) is 7.75. The number of rotatable bonds is 8. The average Bonchev–Trinajstić information content (AvgIpc) is 3.45. The van der Waals surface area contributed by atoms with Crippen LogP contribution in [0.3, 0.4) is 0 Å². The predicted molar refractivity (Wildman–Crippen MR) is 140 cm³/mol. The smallest absolute Gasteiger partial charge is 0.251 e. The Morgan fingerprint density at radius 1 is 0.972 bits per heavy atom. The second-order valence-electron chi connectivity index (χ2n) is 9.99. The molecule has 2 fully saturated rings. The van der Waals surface area contributed by atoms with Crippen molar-refractivity contribution in [1.82, 2.24) is 15.2 Å². The second-order valence-corrected chi connectivity index (χ2v) is 9.99. The molecule has 2 heterocycles. The summed E-state index contributed by atoms with van der Waals surface area (Å²) in [5.74, 6) is -1.04. The number of aromatic nitrogens is 1. The number of carbonyl (C=O) groups excluding carboxylic acids is 1. The number of anilines is 1. The Balaban J connectivity index is 1.03. The van der Waals surface area contributed by atoms with E-state index >= 15 is 0 Å². The monoisotopic (exact) mass is 492 g/mol. The SMILES string of the molecule is O=C(NCCCCN1CCN(c2cccc(F)c2F)CC1)c1ccc2nc(C3CCCC3)ccc2c1. The highest BCUT2D eigenvalue weighted by Crippen LogP contribution is 2.33. The molecule has 1 N–H and O–H groups in total. The molecule has 2 aromatic carbocycles. The van der Waals surface area contributed by atoms with Gasteiger partial charge in [0.25, 0.3) is 5.91 Å². The molecule has 1 amide bonds. The second kappa shape index (κ2) is 11.3. The molecule has 1 saturated heterocycles. The third-order valence-corrected chi connectivity index (χ3v) is 7.58. The van der Waals surface area contributed by atoms with Crippen molar-refractivity contribution in [3.8, 4) is 0 Å². The summed E-state index contributed by atoms with van der Waals surface area (Å²) in [7, 11) is 0. The molecular formula is C29H34F2N4O. The summed E-state index contributed by atoms with van der Waals surface area (Å²) in [6, 6.07) is 14.3. The van der Waals surface area contributed by atoms with Gasteiger partial charge in [-0.05, 0) is 68.6 Å². The number of hydrogen-bond acceptors (Lipinski definition) is 4. The molecule has 2 aliphatic rings. The minimum Gasteiger partial charge on any atom is -0.367 e. The molecule has 1 aliphatic carbocycles. The van der Waals surface area contributed by atoms with Gasteiger partial charge in [-0.15, -0.1) is 0 Å². The Labute approximate surface area is 211 Å². The molecule has 0 bridgehead atoms. The van der Waals surface area contributed by atoms with Crippen LogP contribution in [0.4, 0.5) is 14.5 Å². The number of unbranched alkanes of at least 4 members (excludes halogenated alkanes) is 1. The number of amides is 1. The molecule has 1 saturated carbocycles. The Bertz CT molecular complexity index is 1200. The van der Waals surface area contributed by atoms with Crippen LogP contribution >= 0.6 is 0 Å². The molecule has 1 aromatic heterocycles. The van der Waals surface area contributed by atoms with Gasteiger partial charge in [0.1, 0.15) is 0 Å². The van der Waals surface area contributed by atoms with E-state index in [1.807, 2.05) is 23.1 Å². The van der Waals surface area contributed by atoms with Crippen LogP contribution in [0.5, 0.6) is 0 Å². The van der Waals surface area contributed by atoms with E-state index in [-0.39, 0.29) is 5.91 Å². The lowest BCUT2D eigenvalue weighted by atomic mass is 10.0. The van der Waals surface area contributed by atoms with Crippen molar-refractivity contribution < 1.29 is 13.6 Å². The molecule has 0 atom stereocenters. The lowest BCUT2D eigenvalue weighted by molar-refractivity contribution is 0.0952. The first-order chi connectivity index (χ1) is 17.6. The molecule has 1 aliphatic heterocycles. The quantitative estimate of drug-likeness (QED) is 0.422. The van der Waals surface area contributed by atoms with Gasteiger partial charge in [-0.25, -0.2) is 8.78 Å². The molecule has 3 aromatic rings. The van der Waals surface area contributed by atoms with Crippen LogP contribution < -0.4 is 10.2 Å². The van der Waals surface area contributed by atoms with Gasteiger partial charge < -0.3 is 10.2 Å². The number of nitrogens with zero attached hydrogens (tertiary/aromatic N) is 3. The highest BCUT2D eigenvalue weighted by Gasteiger charge is 2.21. The molecule has 0 radical (unpaired) electrons. The summed E-state index contributed by atoms with van der Waals surface area (Å²) in [4.78, 5) is 21.7. The fourth-order valence-corrected chi connectivity index (χ4v) is 5.44. The van der Waals surface area contributed by atoms with Gasteiger partial charge in [0.05, 0.1) is 11.2 Å². The van der Waals surface area contributed by atoms with Gasteiger partial charge in [-0.2, -0.15) is 0 Å². The fourth-order valence-electron chi connectivity index (χ4n) is 5.44. The summed E-state index contributed by atoms with van der Waals surface area (Å²) in [5.41, 5.74) is 3.14. The van der Waals surface area contributed by atoms with Gasteiger partial charge >= 0.3 is 0 Å². The van der Waals surface area contributed by atoms with E-state index in [0.717, 1.165) is 49.4 Å². The lowest BCUT2D eigenvalue weighted by Gasteiger charge is -2.36. The van der Waals surface area contributed by atoms with Crippen LogP contribution in [-0.4, -0.2) is 55.1 Å². The highest BCUT2D eigenvalue weighted by atomic mass is 19.2. The standard InChI is InChI=1S/C29H34F2N4O/c30-24-8-5-9-27(28(24)31)35-18-16-34(17-19-35)15-4-3-14-32-29(36)23-11-13-26-22(20-23)10-12-25(33-26)21-6-1-2-7-21/h5,8-13,20-21H,1-4,6-7,14-19H2,(H,32,36). The van der Waals surface area contributed by atoms with E-state index in [4.69, 9.17) is 4.98 Å². The summed E-state index contributed by atoms with van der Waals surface area (Å²) in [6.45, 7) is 4.54. The number of nitrogens with one attached hydrogen (secondary N) is 1. The summed E-state index contributed by atoms with van der Waals surface area (Å²) in [5, 5.41) is 4.04. The van der Waals surface area contributed by atoms with Gasteiger partial charge in [-0.1, -0.05) is 25.0 Å².